The molecule has 4 aromatic carbocycles. The van der Waals surface area contributed by atoms with Crippen molar-refractivity contribution in [2.45, 2.75) is 13.5 Å². The van der Waals surface area contributed by atoms with Crippen molar-refractivity contribution in [3.8, 4) is 11.5 Å². The summed E-state index contributed by atoms with van der Waals surface area (Å²) in [6.07, 6.45) is 1.81. The first-order chi connectivity index (χ1) is 17.9. The smallest absolute Gasteiger partial charge is 0.270 e. The molecule has 0 radical (unpaired) electrons. The van der Waals surface area contributed by atoms with Gasteiger partial charge in [0.25, 0.3) is 5.91 Å². The number of nitrogens with zero attached hydrogens (tertiary/aromatic N) is 1. The van der Waals surface area contributed by atoms with Crippen LogP contribution in [0.3, 0.4) is 0 Å². The minimum absolute atomic E-state index is 0.192. The van der Waals surface area contributed by atoms with Gasteiger partial charge in [-0.3, -0.25) is 9.69 Å². The zero-order chi connectivity index (χ0) is 25.9. The van der Waals surface area contributed by atoms with Crippen molar-refractivity contribution in [3.63, 3.8) is 0 Å². The summed E-state index contributed by atoms with van der Waals surface area (Å²) in [5, 5.41) is 2.88. The second kappa shape index (κ2) is 11.3. The largest absolute Gasteiger partial charge is 0.490 e. The highest BCUT2D eigenvalue weighted by Crippen LogP contribution is 2.39. The third kappa shape index (κ3) is 5.70. The number of anilines is 1. The van der Waals surface area contributed by atoms with Gasteiger partial charge in [0.15, 0.2) is 15.8 Å². The Morgan fingerprint density at radius 3 is 2.57 bits per heavy atom. The third-order valence-corrected chi connectivity index (χ3v) is 8.26. The lowest BCUT2D eigenvalue weighted by molar-refractivity contribution is -0.113. The Morgan fingerprint density at radius 2 is 1.78 bits per heavy atom. The number of fused-ring (bicyclic) bond motifs is 1. The van der Waals surface area contributed by atoms with E-state index in [0.717, 1.165) is 15.6 Å². The Labute approximate surface area is 238 Å². The average Bonchev–Trinajstić information content (AvgIpc) is 3.17. The molecular formula is C29H21BrClNO3S2. The molecule has 0 aromatic heterocycles. The number of hydrogen-bond acceptors (Lipinski definition) is 5. The highest BCUT2D eigenvalue weighted by molar-refractivity contribution is 9.10. The maximum absolute atomic E-state index is 13.2. The highest BCUT2D eigenvalue weighted by atomic mass is 79.9. The van der Waals surface area contributed by atoms with E-state index in [2.05, 4.69) is 46.3 Å². The summed E-state index contributed by atoms with van der Waals surface area (Å²) in [5.74, 6) is 1.07. The predicted octanol–water partition coefficient (Wildman–Crippen LogP) is 8.64. The van der Waals surface area contributed by atoms with Gasteiger partial charge in [0, 0.05) is 4.47 Å². The summed E-state index contributed by atoms with van der Waals surface area (Å²) in [6.45, 7) is 2.83. The number of rotatable bonds is 7. The molecule has 8 heteroatoms. The second-order valence-corrected chi connectivity index (χ2v) is 11.2. The standard InChI is InChI=1S/C29H21BrClNO3S2/c1-2-34-26-14-18(8-12-25(26)35-17-19-7-9-20-5-3-4-6-21(20)13-19)15-27-28(33)32(29(36)37-27)22-10-11-23(30)24(31)16-22/h3-16H,2,17H2,1H3/b27-15+. The van der Waals surface area contributed by atoms with Gasteiger partial charge in [-0.25, -0.2) is 0 Å². The number of carbonyl (C=O) groups excluding carboxylic acids is 1. The molecule has 1 heterocycles. The van der Waals surface area contributed by atoms with Crippen molar-refractivity contribution in [1.82, 2.24) is 0 Å². The maximum Gasteiger partial charge on any atom is 0.270 e. The van der Waals surface area contributed by atoms with Gasteiger partial charge in [0.2, 0.25) is 0 Å². The molecular weight excluding hydrogens is 590 g/mol. The number of thiocarbonyl (C=S) groups is 1. The molecule has 0 saturated carbocycles. The quantitative estimate of drug-likeness (QED) is 0.155. The second-order valence-electron chi connectivity index (χ2n) is 8.22. The Hall–Kier alpha value is -2.84. The number of ether oxygens (including phenoxy) is 2. The van der Waals surface area contributed by atoms with E-state index in [9.17, 15) is 4.79 Å². The minimum Gasteiger partial charge on any atom is -0.490 e. The molecule has 0 unspecified atom stereocenters. The maximum atomic E-state index is 13.2. The average molecular weight is 611 g/mol. The first-order valence-corrected chi connectivity index (χ1v) is 13.9. The monoisotopic (exact) mass is 609 g/mol. The Morgan fingerprint density at radius 1 is 0.973 bits per heavy atom. The number of benzene rings is 4. The Balaban J connectivity index is 1.36. The molecule has 0 atom stereocenters. The lowest BCUT2D eigenvalue weighted by Crippen LogP contribution is -2.27. The van der Waals surface area contributed by atoms with E-state index in [1.165, 1.54) is 27.4 Å². The Bertz CT molecular complexity index is 1560. The molecule has 0 aliphatic carbocycles. The van der Waals surface area contributed by atoms with E-state index in [4.69, 9.17) is 33.3 Å². The summed E-state index contributed by atoms with van der Waals surface area (Å²) in [5.41, 5.74) is 2.52. The Kier molecular flexibility index (Phi) is 7.86. The molecule has 1 fully saturated rings. The fourth-order valence-corrected chi connectivity index (χ4v) is 5.68. The topological polar surface area (TPSA) is 38.8 Å². The van der Waals surface area contributed by atoms with Gasteiger partial charge in [0.1, 0.15) is 6.61 Å². The van der Waals surface area contributed by atoms with Crippen LogP contribution in [-0.2, 0) is 11.4 Å². The van der Waals surface area contributed by atoms with Gasteiger partial charge < -0.3 is 9.47 Å². The molecule has 1 saturated heterocycles. The number of amides is 1. The van der Waals surface area contributed by atoms with Gasteiger partial charge in [-0.2, -0.15) is 0 Å². The zero-order valence-corrected chi connectivity index (χ0v) is 23.7. The molecule has 4 aromatic rings. The van der Waals surface area contributed by atoms with Crippen LogP contribution in [0, 0.1) is 0 Å². The first kappa shape index (κ1) is 25.8. The van der Waals surface area contributed by atoms with Crippen LogP contribution in [0.1, 0.15) is 18.1 Å². The molecule has 5 rings (SSSR count). The summed E-state index contributed by atoms with van der Waals surface area (Å²) >= 11 is 16.4. The van der Waals surface area contributed by atoms with E-state index < -0.39 is 0 Å². The molecule has 1 aliphatic heterocycles. The SMILES string of the molecule is CCOc1cc(/C=C2/SC(=S)N(c3ccc(Br)c(Cl)c3)C2=O)ccc1OCc1ccc2ccccc2c1. The van der Waals surface area contributed by atoms with Crippen molar-refractivity contribution >= 4 is 84.3 Å². The fraction of sp³-hybridized carbons (Fsp3) is 0.103. The minimum atomic E-state index is -0.192. The molecule has 1 aliphatic rings. The molecule has 0 spiro atoms. The van der Waals surface area contributed by atoms with Crippen LogP contribution < -0.4 is 14.4 Å². The lowest BCUT2D eigenvalue weighted by Gasteiger charge is -2.15. The third-order valence-electron chi connectivity index (χ3n) is 5.73. The number of hydrogen-bond donors (Lipinski definition) is 0. The van der Waals surface area contributed by atoms with E-state index in [1.807, 2.05) is 43.3 Å². The lowest BCUT2D eigenvalue weighted by atomic mass is 10.1. The van der Waals surface area contributed by atoms with E-state index >= 15 is 0 Å². The molecule has 1 amide bonds. The van der Waals surface area contributed by atoms with E-state index in [1.54, 1.807) is 18.2 Å². The highest BCUT2D eigenvalue weighted by Gasteiger charge is 2.33. The van der Waals surface area contributed by atoms with Crippen molar-refractivity contribution in [3.05, 3.63) is 104 Å². The summed E-state index contributed by atoms with van der Waals surface area (Å²) in [7, 11) is 0. The van der Waals surface area contributed by atoms with Crippen LogP contribution in [0.15, 0.2) is 88.2 Å². The van der Waals surface area contributed by atoms with Crippen molar-refractivity contribution < 1.29 is 14.3 Å². The van der Waals surface area contributed by atoms with Crippen LogP contribution in [0.2, 0.25) is 5.02 Å². The van der Waals surface area contributed by atoms with Crippen LogP contribution in [0.4, 0.5) is 5.69 Å². The van der Waals surface area contributed by atoms with Crippen LogP contribution in [-0.4, -0.2) is 16.8 Å². The predicted molar refractivity (Wildman–Crippen MR) is 161 cm³/mol. The first-order valence-electron chi connectivity index (χ1n) is 11.5. The zero-order valence-electron chi connectivity index (χ0n) is 19.7. The summed E-state index contributed by atoms with van der Waals surface area (Å²) < 4.78 is 13.2. The van der Waals surface area contributed by atoms with Gasteiger partial charge >= 0.3 is 0 Å². The van der Waals surface area contributed by atoms with Crippen molar-refractivity contribution in [2.75, 3.05) is 11.5 Å². The van der Waals surface area contributed by atoms with Crippen LogP contribution >= 0.6 is 51.5 Å². The van der Waals surface area contributed by atoms with Crippen molar-refractivity contribution in [1.29, 1.82) is 0 Å². The van der Waals surface area contributed by atoms with E-state index in [0.29, 0.717) is 44.6 Å². The molecule has 4 nitrogen and oxygen atoms in total. The number of thioether (sulfide) groups is 1. The van der Waals surface area contributed by atoms with Gasteiger partial charge in [0.05, 0.1) is 22.2 Å². The fourth-order valence-electron chi connectivity index (χ4n) is 3.96. The van der Waals surface area contributed by atoms with Gasteiger partial charge in [-0.1, -0.05) is 78.0 Å². The summed E-state index contributed by atoms with van der Waals surface area (Å²) in [6, 6.07) is 25.5. The van der Waals surface area contributed by atoms with Gasteiger partial charge in [-0.05, 0) is 87.2 Å². The molecule has 0 bridgehead atoms. The number of halogens is 2. The number of carbonyl (C=O) groups is 1. The molecule has 0 N–H and O–H groups in total. The molecule has 186 valence electrons. The van der Waals surface area contributed by atoms with Crippen LogP contribution in [0.25, 0.3) is 16.8 Å². The summed E-state index contributed by atoms with van der Waals surface area (Å²) in [4.78, 5) is 15.2. The normalized spacial score (nSPS) is 14.6. The van der Waals surface area contributed by atoms with Crippen molar-refractivity contribution in [2.24, 2.45) is 0 Å². The molecule has 37 heavy (non-hydrogen) atoms. The van der Waals surface area contributed by atoms with Crippen LogP contribution in [0.5, 0.6) is 11.5 Å². The van der Waals surface area contributed by atoms with Gasteiger partial charge in [-0.15, -0.1) is 0 Å². The van der Waals surface area contributed by atoms with E-state index in [-0.39, 0.29) is 5.91 Å².